The summed E-state index contributed by atoms with van der Waals surface area (Å²) in [6.07, 6.45) is 22.8. The van der Waals surface area contributed by atoms with E-state index < -0.39 is 0 Å². The van der Waals surface area contributed by atoms with Crippen molar-refractivity contribution in [3.8, 4) is 0 Å². The first kappa shape index (κ1) is 28.6. The van der Waals surface area contributed by atoms with Crippen molar-refractivity contribution < 1.29 is 4.79 Å². The molecule has 1 amide bonds. The molecular weight excluding hydrogens is 404 g/mol. The summed E-state index contributed by atoms with van der Waals surface area (Å²) in [7, 11) is 0. The second-order valence-corrected chi connectivity index (χ2v) is 8.36. The molecule has 33 heavy (non-hydrogen) atoms. The SMILES string of the molecule is C=C\C=C/C1=C(\C=C/C)CC2CN(CC/C(C=C)=C/C=C\C)CCC2N1C(=O)CCC.CC. The molecule has 0 saturated carbocycles. The zero-order valence-electron chi connectivity index (χ0n) is 21.7. The van der Waals surface area contributed by atoms with Crippen molar-refractivity contribution in [1.29, 1.82) is 0 Å². The smallest absolute Gasteiger partial charge is 0.227 e. The maximum Gasteiger partial charge on any atom is 0.227 e. The third-order valence-corrected chi connectivity index (χ3v) is 6.15. The molecule has 1 saturated heterocycles. The molecular formula is C30H46N2O. The summed E-state index contributed by atoms with van der Waals surface area (Å²) in [6, 6.07) is 0.284. The molecule has 0 aliphatic carbocycles. The number of likely N-dealkylation sites (tertiary alicyclic amines) is 1. The Morgan fingerprint density at radius 2 is 1.85 bits per heavy atom. The lowest BCUT2D eigenvalue weighted by atomic mass is 9.80. The van der Waals surface area contributed by atoms with Crippen molar-refractivity contribution in [1.82, 2.24) is 9.80 Å². The minimum Gasteiger partial charge on any atom is -0.309 e. The van der Waals surface area contributed by atoms with Crippen LogP contribution in [-0.2, 0) is 4.79 Å². The maximum atomic E-state index is 13.2. The predicted octanol–water partition coefficient (Wildman–Crippen LogP) is 7.39. The summed E-state index contributed by atoms with van der Waals surface area (Å²) < 4.78 is 0. The van der Waals surface area contributed by atoms with Crippen LogP contribution in [0.4, 0.5) is 0 Å². The van der Waals surface area contributed by atoms with Crippen molar-refractivity contribution >= 4 is 5.91 Å². The van der Waals surface area contributed by atoms with Gasteiger partial charge in [0.25, 0.3) is 0 Å². The van der Waals surface area contributed by atoms with E-state index in [0.717, 1.165) is 51.0 Å². The number of piperidine rings is 1. The van der Waals surface area contributed by atoms with Crippen molar-refractivity contribution in [2.45, 2.75) is 72.8 Å². The van der Waals surface area contributed by atoms with E-state index in [4.69, 9.17) is 0 Å². The Bertz CT molecular complexity index is 781. The number of carbonyl (C=O) groups excluding carboxylic acids is 1. The van der Waals surface area contributed by atoms with Gasteiger partial charge in [0.05, 0.1) is 0 Å². The van der Waals surface area contributed by atoms with E-state index in [-0.39, 0.29) is 11.9 Å². The van der Waals surface area contributed by atoms with Crippen molar-refractivity contribution in [2.24, 2.45) is 5.92 Å². The lowest BCUT2D eigenvalue weighted by Crippen LogP contribution is -2.54. The van der Waals surface area contributed by atoms with Crippen LogP contribution in [0.2, 0.25) is 0 Å². The quantitative estimate of drug-likeness (QED) is 0.324. The molecule has 0 radical (unpaired) electrons. The van der Waals surface area contributed by atoms with Crippen LogP contribution in [-0.4, -0.2) is 41.4 Å². The summed E-state index contributed by atoms with van der Waals surface area (Å²) in [5.74, 6) is 0.716. The monoisotopic (exact) mass is 450 g/mol. The van der Waals surface area contributed by atoms with Crippen molar-refractivity contribution in [2.75, 3.05) is 19.6 Å². The van der Waals surface area contributed by atoms with Crippen molar-refractivity contribution in [3.63, 3.8) is 0 Å². The fourth-order valence-corrected chi connectivity index (χ4v) is 4.67. The van der Waals surface area contributed by atoms with Crippen molar-refractivity contribution in [3.05, 3.63) is 84.7 Å². The zero-order valence-corrected chi connectivity index (χ0v) is 21.7. The number of amides is 1. The van der Waals surface area contributed by atoms with Crippen LogP contribution in [0.1, 0.15) is 66.7 Å². The molecule has 0 aromatic heterocycles. The van der Waals surface area contributed by atoms with Crippen LogP contribution in [0, 0.1) is 5.92 Å². The number of hydrogen-bond acceptors (Lipinski definition) is 2. The van der Waals surface area contributed by atoms with E-state index in [9.17, 15) is 4.79 Å². The average Bonchev–Trinajstić information content (AvgIpc) is 2.84. The largest absolute Gasteiger partial charge is 0.309 e. The second kappa shape index (κ2) is 16.3. The Morgan fingerprint density at radius 3 is 2.45 bits per heavy atom. The van der Waals surface area contributed by atoms with Crippen LogP contribution < -0.4 is 0 Å². The number of nitrogens with zero attached hydrogens (tertiary/aromatic N) is 2. The number of fused-ring (bicyclic) bond motifs is 1. The normalized spacial score (nSPS) is 22.0. The van der Waals surface area contributed by atoms with Gasteiger partial charge in [-0.25, -0.2) is 0 Å². The molecule has 1 fully saturated rings. The number of carbonyl (C=O) groups is 1. The van der Waals surface area contributed by atoms with Crippen LogP contribution in [0.5, 0.6) is 0 Å². The molecule has 0 aromatic carbocycles. The first-order chi connectivity index (χ1) is 16.1. The van der Waals surface area contributed by atoms with Gasteiger partial charge in [0.15, 0.2) is 0 Å². The van der Waals surface area contributed by atoms with Gasteiger partial charge in [0.1, 0.15) is 0 Å². The first-order valence-electron chi connectivity index (χ1n) is 12.7. The molecule has 3 heteroatoms. The zero-order chi connectivity index (χ0) is 24.6. The molecule has 0 N–H and O–H groups in total. The van der Waals surface area contributed by atoms with Crippen LogP contribution in [0.15, 0.2) is 84.7 Å². The van der Waals surface area contributed by atoms with Gasteiger partial charge in [-0.15, -0.1) is 0 Å². The number of hydrogen-bond donors (Lipinski definition) is 0. The second-order valence-electron chi connectivity index (χ2n) is 8.36. The molecule has 2 unspecified atom stereocenters. The van der Waals surface area contributed by atoms with Gasteiger partial charge >= 0.3 is 0 Å². The minimum absolute atomic E-state index is 0.250. The van der Waals surface area contributed by atoms with Crippen LogP contribution >= 0.6 is 0 Å². The maximum absolute atomic E-state index is 13.2. The van der Waals surface area contributed by atoms with E-state index >= 15 is 0 Å². The topological polar surface area (TPSA) is 23.6 Å². The van der Waals surface area contributed by atoms with Crippen LogP contribution in [0.25, 0.3) is 0 Å². The molecule has 3 nitrogen and oxygen atoms in total. The van der Waals surface area contributed by atoms with Gasteiger partial charge in [-0.1, -0.05) is 82.5 Å². The Hall–Kier alpha value is -2.39. The highest BCUT2D eigenvalue weighted by Gasteiger charge is 2.40. The van der Waals surface area contributed by atoms with E-state index in [2.05, 4.69) is 60.3 Å². The molecule has 0 bridgehead atoms. The Kier molecular flexibility index (Phi) is 14.1. The lowest BCUT2D eigenvalue weighted by Gasteiger charge is -2.48. The lowest BCUT2D eigenvalue weighted by molar-refractivity contribution is -0.133. The molecule has 2 aliphatic heterocycles. The number of allylic oxidation sites excluding steroid dienone is 10. The van der Waals surface area contributed by atoms with E-state index in [0.29, 0.717) is 12.3 Å². The molecule has 0 aromatic rings. The van der Waals surface area contributed by atoms with Gasteiger partial charge in [0.2, 0.25) is 5.91 Å². The van der Waals surface area contributed by atoms with Gasteiger partial charge in [-0.05, 0) is 62.7 Å². The molecule has 2 heterocycles. The average molecular weight is 451 g/mol. The highest BCUT2D eigenvalue weighted by molar-refractivity contribution is 5.80. The molecule has 2 aliphatic rings. The van der Waals surface area contributed by atoms with Gasteiger partial charge in [-0.3, -0.25) is 4.79 Å². The minimum atomic E-state index is 0.250. The Morgan fingerprint density at radius 1 is 1.09 bits per heavy atom. The fraction of sp³-hybridized carbons (Fsp3) is 0.500. The highest BCUT2D eigenvalue weighted by atomic mass is 16.2. The highest BCUT2D eigenvalue weighted by Crippen LogP contribution is 2.38. The molecule has 182 valence electrons. The third kappa shape index (κ3) is 8.47. The summed E-state index contributed by atoms with van der Waals surface area (Å²) in [5.41, 5.74) is 3.59. The van der Waals surface area contributed by atoms with Gasteiger partial charge in [0, 0.05) is 37.8 Å². The van der Waals surface area contributed by atoms with E-state index in [1.165, 1.54) is 11.1 Å². The van der Waals surface area contributed by atoms with Gasteiger partial charge < -0.3 is 9.80 Å². The molecule has 0 spiro atoms. The van der Waals surface area contributed by atoms with Crippen LogP contribution in [0.3, 0.4) is 0 Å². The first-order valence-corrected chi connectivity index (χ1v) is 12.7. The summed E-state index contributed by atoms with van der Waals surface area (Å²) in [6.45, 7) is 21.0. The van der Waals surface area contributed by atoms with E-state index in [1.54, 1.807) is 6.08 Å². The molecule has 2 atom stereocenters. The summed E-state index contributed by atoms with van der Waals surface area (Å²) in [5, 5.41) is 0. The van der Waals surface area contributed by atoms with Gasteiger partial charge in [-0.2, -0.15) is 0 Å². The third-order valence-electron chi connectivity index (χ3n) is 6.15. The molecule has 2 rings (SSSR count). The summed E-state index contributed by atoms with van der Waals surface area (Å²) >= 11 is 0. The fourth-order valence-electron chi connectivity index (χ4n) is 4.67. The summed E-state index contributed by atoms with van der Waals surface area (Å²) in [4.78, 5) is 17.9. The Labute approximate surface area is 203 Å². The predicted molar refractivity (Wildman–Crippen MR) is 145 cm³/mol. The van der Waals surface area contributed by atoms with E-state index in [1.807, 2.05) is 45.9 Å². The standard InChI is InChI=1S/C28H40N2O.C2H6/c1-6-11-15-23(10-5)17-19-29-20-18-27-25(22-29)21-24(13-8-3)26(16-12-7-2)30(27)28(31)14-9-4;1-2/h6-8,10-13,15-16,25,27H,2,5,9,14,17-22H2,1,3-4H3;1-2H3/b11-6-,13-8-,16-12-,23-15+;. The Balaban J connectivity index is 0.00000265. The number of rotatable bonds is 10.